The normalized spacial score (nSPS) is 11.3. The molecule has 0 rings (SSSR count). The third-order valence-corrected chi connectivity index (χ3v) is 3.03. The summed E-state index contributed by atoms with van der Waals surface area (Å²) >= 11 is 0. The van der Waals surface area contributed by atoms with Gasteiger partial charge in [-0.15, -0.1) is 12.4 Å². The van der Waals surface area contributed by atoms with E-state index in [9.17, 15) is 0 Å². The van der Waals surface area contributed by atoms with Crippen LogP contribution in [0.2, 0.25) is 0 Å². The van der Waals surface area contributed by atoms with E-state index in [0.717, 1.165) is 6.54 Å². The lowest BCUT2D eigenvalue weighted by atomic mass is 10.1. The van der Waals surface area contributed by atoms with Crippen molar-refractivity contribution < 1.29 is 5.11 Å². The molecular weight excluding hydrogens is 234 g/mol. The van der Waals surface area contributed by atoms with Gasteiger partial charge in [0.2, 0.25) is 0 Å². The second-order valence-electron chi connectivity index (χ2n) is 5.44. The molecule has 0 heterocycles. The van der Waals surface area contributed by atoms with Crippen LogP contribution in [0.3, 0.4) is 0 Å². The summed E-state index contributed by atoms with van der Waals surface area (Å²) in [6, 6.07) is 0. The Bertz CT molecular complexity index is 151. The molecule has 0 aromatic heterocycles. The van der Waals surface area contributed by atoms with E-state index in [1.54, 1.807) is 0 Å². The van der Waals surface area contributed by atoms with Crippen molar-refractivity contribution in [2.24, 2.45) is 0 Å². The summed E-state index contributed by atoms with van der Waals surface area (Å²) in [4.78, 5) is 0. The molecule has 0 aromatic carbocycles. The van der Waals surface area contributed by atoms with Gasteiger partial charge in [0.1, 0.15) is 0 Å². The molecule has 0 bridgehead atoms. The maximum atomic E-state index is 9.05. The molecule has 0 aliphatic heterocycles. The van der Waals surface area contributed by atoms with Gasteiger partial charge in [0.25, 0.3) is 0 Å². The lowest BCUT2D eigenvalue weighted by Gasteiger charge is -2.23. The van der Waals surface area contributed by atoms with E-state index in [-0.39, 0.29) is 24.6 Å². The monoisotopic (exact) mass is 265 g/mol. The number of aliphatic hydroxyl groups excluding tert-OH is 1. The predicted molar refractivity (Wildman–Crippen MR) is 79.0 cm³/mol. The fourth-order valence-electron chi connectivity index (χ4n) is 1.74. The van der Waals surface area contributed by atoms with Crippen LogP contribution in [0.4, 0.5) is 0 Å². The average molecular weight is 266 g/mol. The van der Waals surface area contributed by atoms with Crippen molar-refractivity contribution in [1.82, 2.24) is 5.32 Å². The Morgan fingerprint density at radius 3 is 1.82 bits per heavy atom. The van der Waals surface area contributed by atoms with Gasteiger partial charge in [-0.2, -0.15) is 0 Å². The van der Waals surface area contributed by atoms with E-state index in [4.69, 9.17) is 5.11 Å². The number of rotatable bonds is 11. The first-order chi connectivity index (χ1) is 7.62. The van der Waals surface area contributed by atoms with E-state index >= 15 is 0 Å². The molecule has 2 N–H and O–H groups in total. The molecule has 106 valence electrons. The molecule has 0 saturated heterocycles. The highest BCUT2D eigenvalue weighted by Gasteiger charge is 2.13. The molecule has 0 amide bonds. The Labute approximate surface area is 114 Å². The SMILES string of the molecule is CCCCCCCCCCNC(C)(C)CO.Cl. The van der Waals surface area contributed by atoms with Crippen LogP contribution < -0.4 is 5.32 Å². The van der Waals surface area contributed by atoms with Crippen molar-refractivity contribution in [2.45, 2.75) is 77.7 Å². The van der Waals surface area contributed by atoms with Crippen LogP contribution in [0.5, 0.6) is 0 Å². The molecule has 0 aromatic rings. The molecule has 2 nitrogen and oxygen atoms in total. The maximum absolute atomic E-state index is 9.05. The average Bonchev–Trinajstić information content (AvgIpc) is 2.27. The number of hydrogen-bond acceptors (Lipinski definition) is 2. The number of unbranched alkanes of at least 4 members (excludes halogenated alkanes) is 7. The molecule has 0 aliphatic carbocycles. The zero-order valence-corrected chi connectivity index (χ0v) is 12.7. The topological polar surface area (TPSA) is 32.3 Å². The van der Waals surface area contributed by atoms with E-state index in [1.165, 1.54) is 51.4 Å². The molecule has 0 fully saturated rings. The van der Waals surface area contributed by atoms with Gasteiger partial charge < -0.3 is 10.4 Å². The van der Waals surface area contributed by atoms with Crippen LogP contribution in [0, 0.1) is 0 Å². The number of aliphatic hydroxyl groups is 1. The summed E-state index contributed by atoms with van der Waals surface area (Å²) in [5.74, 6) is 0. The Morgan fingerprint density at radius 1 is 0.882 bits per heavy atom. The van der Waals surface area contributed by atoms with Crippen LogP contribution in [-0.4, -0.2) is 23.8 Å². The van der Waals surface area contributed by atoms with Gasteiger partial charge >= 0.3 is 0 Å². The van der Waals surface area contributed by atoms with Crippen LogP contribution in [0.1, 0.15) is 72.1 Å². The predicted octanol–water partition coefficient (Wildman–Crippen LogP) is 3.91. The number of nitrogens with one attached hydrogen (secondary N) is 1. The zero-order chi connectivity index (χ0) is 12.3. The molecule has 17 heavy (non-hydrogen) atoms. The van der Waals surface area contributed by atoms with Gasteiger partial charge in [-0.3, -0.25) is 0 Å². The van der Waals surface area contributed by atoms with Crippen molar-refractivity contribution in [1.29, 1.82) is 0 Å². The summed E-state index contributed by atoms with van der Waals surface area (Å²) in [5.41, 5.74) is -0.110. The minimum Gasteiger partial charge on any atom is -0.394 e. The summed E-state index contributed by atoms with van der Waals surface area (Å²) in [7, 11) is 0. The fourth-order valence-corrected chi connectivity index (χ4v) is 1.74. The summed E-state index contributed by atoms with van der Waals surface area (Å²) in [5, 5.41) is 12.4. The number of hydrogen-bond donors (Lipinski definition) is 2. The van der Waals surface area contributed by atoms with Gasteiger partial charge in [0.15, 0.2) is 0 Å². The van der Waals surface area contributed by atoms with E-state index in [2.05, 4.69) is 12.2 Å². The standard InChI is InChI=1S/C14H31NO.ClH/c1-4-5-6-7-8-9-10-11-12-15-14(2,3)13-16;/h15-16H,4-13H2,1-3H3;1H. The third kappa shape index (κ3) is 14.1. The molecule has 3 heteroatoms. The van der Waals surface area contributed by atoms with Gasteiger partial charge in [0.05, 0.1) is 6.61 Å². The summed E-state index contributed by atoms with van der Waals surface area (Å²) in [6.07, 6.45) is 10.9. The van der Waals surface area contributed by atoms with Crippen molar-refractivity contribution in [3.8, 4) is 0 Å². The Kier molecular flexibility index (Phi) is 14.6. The quantitative estimate of drug-likeness (QED) is 0.555. The zero-order valence-electron chi connectivity index (χ0n) is 11.9. The van der Waals surface area contributed by atoms with Gasteiger partial charge in [0, 0.05) is 5.54 Å². The molecular formula is C14H32ClNO. The van der Waals surface area contributed by atoms with Gasteiger partial charge in [-0.25, -0.2) is 0 Å². The smallest absolute Gasteiger partial charge is 0.0607 e. The van der Waals surface area contributed by atoms with Crippen molar-refractivity contribution in [3.63, 3.8) is 0 Å². The van der Waals surface area contributed by atoms with Crippen LogP contribution in [0.25, 0.3) is 0 Å². The first-order valence-corrected chi connectivity index (χ1v) is 6.98. The molecule has 0 aliphatic rings. The van der Waals surface area contributed by atoms with Crippen molar-refractivity contribution in [2.75, 3.05) is 13.2 Å². The lowest BCUT2D eigenvalue weighted by molar-refractivity contribution is 0.188. The van der Waals surface area contributed by atoms with E-state index < -0.39 is 0 Å². The van der Waals surface area contributed by atoms with Crippen LogP contribution in [0.15, 0.2) is 0 Å². The Morgan fingerprint density at radius 2 is 1.35 bits per heavy atom. The van der Waals surface area contributed by atoms with Crippen LogP contribution >= 0.6 is 12.4 Å². The number of halogens is 1. The van der Waals surface area contributed by atoms with Crippen LogP contribution in [-0.2, 0) is 0 Å². The molecule has 0 atom stereocenters. The first-order valence-electron chi connectivity index (χ1n) is 6.98. The molecule has 0 radical (unpaired) electrons. The minimum absolute atomic E-state index is 0. The second kappa shape index (κ2) is 12.7. The molecule has 0 saturated carbocycles. The van der Waals surface area contributed by atoms with Gasteiger partial charge in [-0.05, 0) is 26.8 Å². The molecule has 0 unspecified atom stereocenters. The molecule has 0 spiro atoms. The Hall–Kier alpha value is 0.210. The van der Waals surface area contributed by atoms with E-state index in [1.807, 2.05) is 13.8 Å². The second-order valence-corrected chi connectivity index (χ2v) is 5.44. The fraction of sp³-hybridized carbons (Fsp3) is 1.00. The first kappa shape index (κ1) is 19.5. The highest BCUT2D eigenvalue weighted by atomic mass is 35.5. The summed E-state index contributed by atoms with van der Waals surface area (Å²) in [6.45, 7) is 7.58. The minimum atomic E-state index is -0.110. The highest BCUT2D eigenvalue weighted by Crippen LogP contribution is 2.08. The Balaban J connectivity index is 0. The summed E-state index contributed by atoms with van der Waals surface area (Å²) < 4.78 is 0. The van der Waals surface area contributed by atoms with E-state index in [0.29, 0.717) is 0 Å². The largest absolute Gasteiger partial charge is 0.394 e. The van der Waals surface area contributed by atoms with Crippen molar-refractivity contribution in [3.05, 3.63) is 0 Å². The van der Waals surface area contributed by atoms with Gasteiger partial charge in [-0.1, -0.05) is 51.9 Å². The van der Waals surface area contributed by atoms with Crippen molar-refractivity contribution >= 4 is 12.4 Å². The third-order valence-electron chi connectivity index (χ3n) is 3.03. The lowest BCUT2D eigenvalue weighted by Crippen LogP contribution is -2.43. The highest BCUT2D eigenvalue weighted by molar-refractivity contribution is 5.85. The maximum Gasteiger partial charge on any atom is 0.0607 e.